The van der Waals surface area contributed by atoms with Crippen LogP contribution < -0.4 is 20.1 Å². The molecular weight excluding hydrogens is 520 g/mol. The van der Waals surface area contributed by atoms with Crippen LogP contribution in [0, 0.1) is 0 Å². The molecule has 0 heterocycles. The topological polar surface area (TPSA) is 76.7 Å². The second-order valence-electron chi connectivity index (χ2n) is 8.32. The van der Waals surface area contributed by atoms with Gasteiger partial charge in [-0.15, -0.1) is 11.8 Å². The fourth-order valence-corrected chi connectivity index (χ4v) is 5.06. The number of hydrogen-bond acceptors (Lipinski definition) is 5. The van der Waals surface area contributed by atoms with E-state index in [1.54, 1.807) is 12.1 Å². The summed E-state index contributed by atoms with van der Waals surface area (Å²) >= 11 is 7.70. The maximum Gasteiger partial charge on any atom is 0.242 e. The van der Waals surface area contributed by atoms with Gasteiger partial charge in [0.15, 0.2) is 0 Å². The minimum atomic E-state index is -0.555. The van der Waals surface area contributed by atoms with Crippen molar-refractivity contribution < 1.29 is 19.1 Å². The standard InChI is InChI=1S/C30H27ClN2O4S/c1-36-26-19-27(37-2)25(18-24(26)31)33-30(35)29(21-11-7-4-8-12-21)38-23-15-13-22(14-16-23)32-28(34)17-20-9-5-3-6-10-20/h3-16,18-19,29H,17H2,1-2H3,(H,32,34)(H,33,35). The second-order valence-corrected chi connectivity index (χ2v) is 9.91. The Hall–Kier alpha value is -3.94. The number of thioether (sulfide) groups is 1. The van der Waals surface area contributed by atoms with Crippen LogP contribution in [0.25, 0.3) is 0 Å². The lowest BCUT2D eigenvalue weighted by Crippen LogP contribution is -2.19. The Labute approximate surface area is 231 Å². The predicted molar refractivity (Wildman–Crippen MR) is 153 cm³/mol. The lowest BCUT2D eigenvalue weighted by molar-refractivity contribution is -0.116. The number of ether oxygens (including phenoxy) is 2. The molecule has 1 unspecified atom stereocenters. The minimum absolute atomic E-state index is 0.0924. The maximum absolute atomic E-state index is 13.5. The van der Waals surface area contributed by atoms with Gasteiger partial charge < -0.3 is 20.1 Å². The Kier molecular flexibility index (Phi) is 9.30. The number of methoxy groups -OCH3 is 2. The average molecular weight is 547 g/mol. The van der Waals surface area contributed by atoms with Gasteiger partial charge in [0.1, 0.15) is 16.7 Å². The first-order valence-corrected chi connectivity index (χ1v) is 13.1. The van der Waals surface area contributed by atoms with Crippen molar-refractivity contribution in [2.45, 2.75) is 16.6 Å². The van der Waals surface area contributed by atoms with E-state index < -0.39 is 5.25 Å². The zero-order valence-corrected chi connectivity index (χ0v) is 22.5. The summed E-state index contributed by atoms with van der Waals surface area (Å²) in [4.78, 5) is 26.8. The lowest BCUT2D eigenvalue weighted by Gasteiger charge is -2.19. The summed E-state index contributed by atoms with van der Waals surface area (Å²) in [6.45, 7) is 0. The van der Waals surface area contributed by atoms with Crippen LogP contribution in [-0.4, -0.2) is 26.0 Å². The number of rotatable bonds is 10. The van der Waals surface area contributed by atoms with E-state index in [9.17, 15) is 9.59 Å². The Bertz CT molecular complexity index is 1380. The van der Waals surface area contributed by atoms with Gasteiger partial charge >= 0.3 is 0 Å². The van der Waals surface area contributed by atoms with E-state index in [1.165, 1.54) is 26.0 Å². The molecule has 2 amide bonds. The smallest absolute Gasteiger partial charge is 0.242 e. The summed E-state index contributed by atoms with van der Waals surface area (Å²) in [5, 5.41) is 5.68. The molecule has 2 N–H and O–H groups in total. The molecule has 194 valence electrons. The van der Waals surface area contributed by atoms with Crippen molar-refractivity contribution in [3.8, 4) is 11.5 Å². The summed E-state index contributed by atoms with van der Waals surface area (Å²) < 4.78 is 10.7. The Morgan fingerprint density at radius 1 is 0.816 bits per heavy atom. The molecule has 4 aromatic carbocycles. The molecule has 0 radical (unpaired) electrons. The molecule has 4 aromatic rings. The Morgan fingerprint density at radius 3 is 2.08 bits per heavy atom. The molecular formula is C30H27ClN2O4S. The monoisotopic (exact) mass is 546 g/mol. The van der Waals surface area contributed by atoms with Crippen molar-refractivity contribution in [3.63, 3.8) is 0 Å². The Morgan fingerprint density at radius 2 is 1.45 bits per heavy atom. The van der Waals surface area contributed by atoms with Crippen LogP contribution in [0.3, 0.4) is 0 Å². The summed E-state index contributed by atoms with van der Waals surface area (Å²) in [7, 11) is 3.03. The van der Waals surface area contributed by atoms with E-state index in [-0.39, 0.29) is 11.8 Å². The molecule has 8 heteroatoms. The van der Waals surface area contributed by atoms with E-state index in [4.69, 9.17) is 21.1 Å². The quantitative estimate of drug-likeness (QED) is 0.209. The second kappa shape index (κ2) is 13.0. The van der Waals surface area contributed by atoms with Gasteiger partial charge in [-0.05, 0) is 41.5 Å². The molecule has 0 saturated heterocycles. The van der Waals surface area contributed by atoms with Crippen molar-refractivity contribution in [3.05, 3.63) is 113 Å². The van der Waals surface area contributed by atoms with E-state index in [0.717, 1.165) is 16.0 Å². The third-order valence-corrected chi connectivity index (χ3v) is 7.23. The van der Waals surface area contributed by atoms with E-state index in [0.29, 0.717) is 34.3 Å². The predicted octanol–water partition coefficient (Wildman–Crippen LogP) is 7.01. The van der Waals surface area contributed by atoms with Gasteiger partial charge in [-0.3, -0.25) is 9.59 Å². The van der Waals surface area contributed by atoms with Crippen LogP contribution in [0.15, 0.2) is 102 Å². The summed E-state index contributed by atoms with van der Waals surface area (Å²) in [6.07, 6.45) is 0.298. The van der Waals surface area contributed by atoms with Crippen LogP contribution in [0.2, 0.25) is 5.02 Å². The van der Waals surface area contributed by atoms with Crippen molar-refractivity contribution in [1.82, 2.24) is 0 Å². The third kappa shape index (κ3) is 7.09. The first-order valence-electron chi connectivity index (χ1n) is 11.8. The molecule has 0 aromatic heterocycles. The summed E-state index contributed by atoms with van der Waals surface area (Å²) in [5.41, 5.74) is 2.92. The fraction of sp³-hybridized carbons (Fsp3) is 0.133. The SMILES string of the molecule is COc1cc(OC)c(NC(=O)C(Sc2ccc(NC(=O)Cc3ccccc3)cc2)c2ccccc2)cc1Cl. The highest BCUT2D eigenvalue weighted by molar-refractivity contribution is 8.00. The molecule has 1 atom stereocenters. The largest absolute Gasteiger partial charge is 0.495 e. The van der Waals surface area contributed by atoms with E-state index in [2.05, 4.69) is 10.6 Å². The zero-order chi connectivity index (χ0) is 26.9. The van der Waals surface area contributed by atoms with Crippen LogP contribution >= 0.6 is 23.4 Å². The molecule has 0 fully saturated rings. The highest BCUT2D eigenvalue weighted by Crippen LogP contribution is 2.40. The molecule has 0 aliphatic rings. The third-order valence-electron chi connectivity index (χ3n) is 5.67. The van der Waals surface area contributed by atoms with Gasteiger partial charge in [0, 0.05) is 16.6 Å². The minimum Gasteiger partial charge on any atom is -0.495 e. The molecule has 38 heavy (non-hydrogen) atoms. The van der Waals surface area contributed by atoms with E-state index in [1.807, 2.05) is 84.9 Å². The number of carbonyl (C=O) groups excluding carboxylic acids is 2. The number of nitrogens with one attached hydrogen (secondary N) is 2. The zero-order valence-electron chi connectivity index (χ0n) is 20.9. The number of anilines is 2. The number of carbonyl (C=O) groups is 2. The molecule has 4 rings (SSSR count). The van der Waals surface area contributed by atoms with Gasteiger partial charge in [0.05, 0.1) is 31.4 Å². The average Bonchev–Trinajstić information content (AvgIpc) is 2.93. The first kappa shape index (κ1) is 27.1. The summed E-state index contributed by atoms with van der Waals surface area (Å²) in [5.74, 6) is 0.560. The molecule has 0 aliphatic carbocycles. The Balaban J connectivity index is 1.49. The van der Waals surface area contributed by atoms with Gasteiger partial charge in [0.25, 0.3) is 0 Å². The van der Waals surface area contributed by atoms with Gasteiger partial charge in [0.2, 0.25) is 11.8 Å². The van der Waals surface area contributed by atoms with E-state index >= 15 is 0 Å². The highest BCUT2D eigenvalue weighted by Gasteiger charge is 2.24. The van der Waals surface area contributed by atoms with Crippen molar-refractivity contribution in [1.29, 1.82) is 0 Å². The van der Waals surface area contributed by atoms with Crippen molar-refractivity contribution >= 4 is 46.6 Å². The molecule has 0 spiro atoms. The highest BCUT2D eigenvalue weighted by atomic mass is 35.5. The molecule has 0 aliphatic heterocycles. The first-order chi connectivity index (χ1) is 18.5. The van der Waals surface area contributed by atoms with Crippen LogP contribution in [0.1, 0.15) is 16.4 Å². The van der Waals surface area contributed by atoms with Crippen LogP contribution in [0.4, 0.5) is 11.4 Å². The number of amides is 2. The fourth-order valence-electron chi connectivity index (χ4n) is 3.80. The molecule has 0 bridgehead atoms. The van der Waals surface area contributed by atoms with Crippen LogP contribution in [-0.2, 0) is 16.0 Å². The summed E-state index contributed by atoms with van der Waals surface area (Å²) in [6, 6.07) is 29.8. The van der Waals surface area contributed by atoms with Crippen molar-refractivity contribution in [2.75, 3.05) is 24.9 Å². The van der Waals surface area contributed by atoms with Gasteiger partial charge in [-0.2, -0.15) is 0 Å². The number of halogens is 1. The maximum atomic E-state index is 13.5. The number of benzene rings is 4. The van der Waals surface area contributed by atoms with Crippen molar-refractivity contribution in [2.24, 2.45) is 0 Å². The van der Waals surface area contributed by atoms with Gasteiger partial charge in [-0.1, -0.05) is 72.3 Å². The molecule has 6 nitrogen and oxygen atoms in total. The lowest BCUT2D eigenvalue weighted by atomic mass is 10.1. The van der Waals surface area contributed by atoms with Gasteiger partial charge in [-0.25, -0.2) is 0 Å². The molecule has 0 saturated carbocycles. The number of hydrogen-bond donors (Lipinski definition) is 2. The normalized spacial score (nSPS) is 11.3. The van der Waals surface area contributed by atoms with Crippen LogP contribution in [0.5, 0.6) is 11.5 Å².